The molecule has 0 aliphatic heterocycles. The molecule has 0 unspecified atom stereocenters. The second-order valence-electron chi connectivity index (χ2n) is 10.7. The highest BCUT2D eigenvalue weighted by Gasteiger charge is 2.26. The lowest BCUT2D eigenvalue weighted by molar-refractivity contribution is 0.0587. The van der Waals surface area contributed by atoms with Crippen LogP contribution in [0.4, 0.5) is 0 Å². The molecule has 2 rings (SSSR count). The second-order valence-corrected chi connectivity index (χ2v) is 21.9. The lowest BCUT2D eigenvalue weighted by Gasteiger charge is -2.15. The van der Waals surface area contributed by atoms with Gasteiger partial charge >= 0.3 is 17.6 Å². The van der Waals surface area contributed by atoms with Gasteiger partial charge < -0.3 is 18.9 Å². The van der Waals surface area contributed by atoms with Gasteiger partial charge in [-0.2, -0.15) is 0 Å². The van der Waals surface area contributed by atoms with Crippen LogP contribution in [0.1, 0.15) is 20.7 Å². The molecule has 0 bridgehead atoms. The van der Waals surface area contributed by atoms with Gasteiger partial charge in [0, 0.05) is 29.4 Å². The van der Waals surface area contributed by atoms with Crippen molar-refractivity contribution in [1.29, 1.82) is 0 Å². The van der Waals surface area contributed by atoms with Crippen molar-refractivity contribution < 1.29 is 28.5 Å². The number of methoxy groups -OCH3 is 2. The van der Waals surface area contributed by atoms with Crippen LogP contribution < -0.4 is 5.69 Å². The van der Waals surface area contributed by atoms with E-state index in [1.807, 2.05) is 0 Å². The van der Waals surface area contributed by atoms with Crippen LogP contribution in [0.25, 0.3) is 11.0 Å². The third-order valence-electron chi connectivity index (χ3n) is 5.40. The number of carbonyl (C=O) groups excluding carboxylic acids is 2. The molecule has 0 saturated carbocycles. The summed E-state index contributed by atoms with van der Waals surface area (Å²) >= 11 is 0. The second kappa shape index (κ2) is 11.5. The van der Waals surface area contributed by atoms with E-state index in [0.29, 0.717) is 13.2 Å². The van der Waals surface area contributed by atoms with Gasteiger partial charge in [-0.25, -0.2) is 14.4 Å². The molecule has 0 amide bonds. The van der Waals surface area contributed by atoms with E-state index in [9.17, 15) is 14.4 Å². The van der Waals surface area contributed by atoms with Crippen LogP contribution in [0.3, 0.4) is 0 Å². The summed E-state index contributed by atoms with van der Waals surface area (Å²) in [5.41, 5.74) is 0.425. The van der Waals surface area contributed by atoms with Gasteiger partial charge in [-0.15, -0.1) is 0 Å². The summed E-state index contributed by atoms with van der Waals surface area (Å²) in [7, 11) is -0.116. The number of nitrogens with zero attached hydrogens (tertiary/aromatic N) is 2. The number of esters is 2. The van der Waals surface area contributed by atoms with Crippen molar-refractivity contribution >= 4 is 39.1 Å². The van der Waals surface area contributed by atoms with E-state index >= 15 is 0 Å². The Morgan fingerprint density at radius 2 is 1.09 bits per heavy atom. The molecule has 0 saturated heterocycles. The normalized spacial score (nSPS) is 12.2. The van der Waals surface area contributed by atoms with E-state index in [1.54, 1.807) is 0 Å². The minimum absolute atomic E-state index is 0.0592. The molecule has 0 fully saturated rings. The summed E-state index contributed by atoms with van der Waals surface area (Å²) < 4.78 is 24.3. The zero-order chi connectivity index (χ0) is 25.7. The van der Waals surface area contributed by atoms with Gasteiger partial charge in [-0.1, -0.05) is 39.3 Å². The molecule has 2 aromatic rings. The molecule has 0 N–H and O–H groups in total. The maximum Gasteiger partial charge on any atom is 0.340 e. The zero-order valence-corrected chi connectivity index (χ0v) is 23.6. The highest BCUT2D eigenvalue weighted by molar-refractivity contribution is 6.76. The Bertz CT molecular complexity index is 996. The van der Waals surface area contributed by atoms with E-state index in [-0.39, 0.29) is 35.6 Å². The van der Waals surface area contributed by atoms with Gasteiger partial charge in [0.05, 0.1) is 36.4 Å². The van der Waals surface area contributed by atoms with Crippen molar-refractivity contribution in [1.82, 2.24) is 9.13 Å². The minimum Gasteiger partial charge on any atom is -0.465 e. The van der Waals surface area contributed by atoms with Crippen molar-refractivity contribution in [2.24, 2.45) is 0 Å². The number of hydrogen-bond donors (Lipinski definition) is 0. The predicted molar refractivity (Wildman–Crippen MR) is 137 cm³/mol. The molecule has 9 nitrogen and oxygen atoms in total. The first kappa shape index (κ1) is 28.0. The Morgan fingerprint density at radius 3 is 1.38 bits per heavy atom. The van der Waals surface area contributed by atoms with Gasteiger partial charge in [-0.3, -0.25) is 9.13 Å². The third-order valence-corrected chi connectivity index (χ3v) is 8.81. The lowest BCUT2D eigenvalue weighted by Crippen LogP contribution is -2.28. The van der Waals surface area contributed by atoms with E-state index in [1.165, 1.54) is 35.5 Å². The maximum absolute atomic E-state index is 13.5. The topological polar surface area (TPSA) is 98.0 Å². The van der Waals surface area contributed by atoms with Gasteiger partial charge in [-0.05, 0) is 24.2 Å². The summed E-state index contributed by atoms with van der Waals surface area (Å²) in [5.74, 6) is -1.23. The summed E-state index contributed by atoms with van der Waals surface area (Å²) in [4.78, 5) is 38.6. The molecule has 34 heavy (non-hydrogen) atoms. The highest BCUT2D eigenvalue weighted by atomic mass is 28.3. The smallest absolute Gasteiger partial charge is 0.340 e. The molecule has 0 aliphatic carbocycles. The average Bonchev–Trinajstić information content (AvgIpc) is 3.02. The zero-order valence-electron chi connectivity index (χ0n) is 21.6. The Hall–Kier alpha value is -2.22. The van der Waals surface area contributed by atoms with Crippen LogP contribution in [0.2, 0.25) is 51.4 Å². The summed E-state index contributed by atoms with van der Waals surface area (Å²) in [6, 6.07) is 4.79. The minimum atomic E-state index is -1.33. The molecule has 0 spiro atoms. The Kier molecular flexibility index (Phi) is 9.46. The van der Waals surface area contributed by atoms with Crippen LogP contribution in [0.5, 0.6) is 0 Å². The van der Waals surface area contributed by atoms with Crippen LogP contribution in [-0.2, 0) is 32.4 Å². The number of fused-ring (bicyclic) bond motifs is 1. The number of ether oxygens (including phenoxy) is 4. The molecular weight excluding hydrogens is 472 g/mol. The molecule has 1 aromatic heterocycles. The molecule has 1 aromatic carbocycles. The SMILES string of the molecule is COC(=O)c1ccc(C(=O)OC)c2c1n(COCC[Si](C)(C)C)c(=O)n2COCC[Si](C)(C)C. The van der Waals surface area contributed by atoms with Crippen molar-refractivity contribution in [2.45, 2.75) is 64.8 Å². The van der Waals surface area contributed by atoms with E-state index in [4.69, 9.17) is 18.9 Å². The average molecular weight is 511 g/mol. The van der Waals surface area contributed by atoms with E-state index in [2.05, 4.69) is 39.3 Å². The van der Waals surface area contributed by atoms with Crippen molar-refractivity contribution in [3.63, 3.8) is 0 Å². The number of aromatic nitrogens is 2. The molecule has 1 heterocycles. The predicted octanol–water partition coefficient (Wildman–Crippen LogP) is 4.00. The fourth-order valence-corrected chi connectivity index (χ4v) is 4.83. The molecule has 0 atom stereocenters. The molecule has 11 heteroatoms. The van der Waals surface area contributed by atoms with Crippen LogP contribution >= 0.6 is 0 Å². The number of rotatable bonds is 12. The van der Waals surface area contributed by atoms with Crippen molar-refractivity contribution in [3.8, 4) is 0 Å². The standard InChI is InChI=1S/C23H38N2O7Si2/c1-29-21(26)17-9-10-18(22(27)30-2)20-19(17)24(15-31-11-13-33(3,4)5)23(28)25(20)16-32-12-14-34(6,7)8/h9-10H,11-16H2,1-8H3. The quantitative estimate of drug-likeness (QED) is 0.242. The van der Waals surface area contributed by atoms with Crippen LogP contribution in [0.15, 0.2) is 16.9 Å². The monoisotopic (exact) mass is 510 g/mol. The van der Waals surface area contributed by atoms with Gasteiger partial charge in [0.15, 0.2) is 0 Å². The highest BCUT2D eigenvalue weighted by Crippen LogP contribution is 2.25. The van der Waals surface area contributed by atoms with Crippen molar-refractivity contribution in [3.05, 3.63) is 33.7 Å². The fraction of sp³-hybridized carbons (Fsp3) is 0.609. The van der Waals surface area contributed by atoms with E-state index in [0.717, 1.165) is 12.1 Å². The van der Waals surface area contributed by atoms with Gasteiger partial charge in [0.25, 0.3) is 0 Å². The van der Waals surface area contributed by atoms with Crippen LogP contribution in [0, 0.1) is 0 Å². The van der Waals surface area contributed by atoms with Crippen LogP contribution in [-0.4, -0.2) is 64.7 Å². The number of hydrogen-bond acceptors (Lipinski definition) is 7. The Morgan fingerprint density at radius 1 is 0.735 bits per heavy atom. The molecule has 0 aliphatic rings. The fourth-order valence-electron chi connectivity index (χ4n) is 3.32. The first-order valence-corrected chi connectivity index (χ1v) is 18.8. The number of imidazole rings is 1. The van der Waals surface area contributed by atoms with Crippen molar-refractivity contribution in [2.75, 3.05) is 27.4 Å². The molecular formula is C23H38N2O7Si2. The van der Waals surface area contributed by atoms with Gasteiger partial charge in [0.1, 0.15) is 13.5 Å². The largest absolute Gasteiger partial charge is 0.465 e. The lowest BCUT2D eigenvalue weighted by atomic mass is 10.1. The van der Waals surface area contributed by atoms with Gasteiger partial charge in [0.2, 0.25) is 0 Å². The first-order chi connectivity index (χ1) is 15.8. The Labute approximate surface area is 203 Å². The number of benzene rings is 1. The maximum atomic E-state index is 13.5. The molecule has 190 valence electrons. The molecule has 0 radical (unpaired) electrons. The first-order valence-electron chi connectivity index (χ1n) is 11.4. The third kappa shape index (κ3) is 7.14. The summed E-state index contributed by atoms with van der Waals surface area (Å²) in [5, 5.41) is 0. The summed E-state index contributed by atoms with van der Waals surface area (Å²) in [6.07, 6.45) is 0. The Balaban J connectivity index is 2.59. The number of carbonyl (C=O) groups is 2. The van der Waals surface area contributed by atoms with E-state index < -0.39 is 33.8 Å². The summed E-state index contributed by atoms with van der Waals surface area (Å²) in [6.45, 7) is 14.3.